The van der Waals surface area contributed by atoms with E-state index in [0.29, 0.717) is 17.8 Å². The van der Waals surface area contributed by atoms with Crippen molar-refractivity contribution >= 4 is 28.7 Å². The van der Waals surface area contributed by atoms with Gasteiger partial charge < -0.3 is 15.5 Å². The Balaban J connectivity index is 0.000000758. The number of carbonyl (C=O) groups excluding carboxylic acids is 1. The van der Waals surface area contributed by atoms with Gasteiger partial charge in [0.2, 0.25) is 5.91 Å². The van der Waals surface area contributed by atoms with Gasteiger partial charge in [0.15, 0.2) is 0 Å². The molecule has 1 heterocycles. The molecule has 40 heavy (non-hydrogen) atoms. The van der Waals surface area contributed by atoms with Crippen molar-refractivity contribution in [3.63, 3.8) is 0 Å². The number of carboxylic acid groups (broad SMARTS) is 2. The first-order chi connectivity index (χ1) is 19.4. The second-order valence-corrected chi connectivity index (χ2v) is 10.9. The molecule has 1 aromatic heterocycles. The number of benzene rings is 3. The molecule has 0 saturated heterocycles. The van der Waals surface area contributed by atoms with Gasteiger partial charge in [-0.05, 0) is 84.9 Å². The summed E-state index contributed by atoms with van der Waals surface area (Å²) in [5, 5.41) is 21.1. The summed E-state index contributed by atoms with van der Waals surface area (Å²) in [6.45, 7) is 0.474. The molecule has 0 radical (unpaired) electrons. The third-order valence-electron chi connectivity index (χ3n) is 7.91. The van der Waals surface area contributed by atoms with Gasteiger partial charge in [-0.15, -0.1) is 0 Å². The number of hydrogen-bond acceptors (Lipinski definition) is 3. The Kier molecular flexibility index (Phi) is 8.34. The fraction of sp³-hybridized carbons (Fsp3) is 0.344. The Hall–Kier alpha value is -4.33. The molecule has 1 amide bonds. The predicted octanol–water partition coefficient (Wildman–Crippen LogP) is 6.47. The highest BCUT2D eigenvalue weighted by Crippen LogP contribution is 2.38. The van der Waals surface area contributed by atoms with E-state index in [1.807, 2.05) is 30.3 Å². The van der Waals surface area contributed by atoms with E-state index in [4.69, 9.17) is 15.0 Å². The van der Waals surface area contributed by atoms with Gasteiger partial charge in [0.05, 0.1) is 23.4 Å². The Morgan fingerprint density at radius 1 is 0.900 bits per heavy atom. The number of nitrogens with zero attached hydrogens (tertiary/aromatic N) is 1. The van der Waals surface area contributed by atoms with Crippen molar-refractivity contribution in [2.24, 2.45) is 11.8 Å². The van der Waals surface area contributed by atoms with Crippen molar-refractivity contribution in [1.82, 2.24) is 9.78 Å². The Morgan fingerprint density at radius 3 is 2.27 bits per heavy atom. The van der Waals surface area contributed by atoms with Crippen molar-refractivity contribution in [3.05, 3.63) is 99.8 Å². The molecular weight excluding hydrogens is 506 g/mol. The van der Waals surface area contributed by atoms with E-state index in [2.05, 4.69) is 52.9 Å². The van der Waals surface area contributed by atoms with Crippen molar-refractivity contribution < 1.29 is 19.8 Å². The van der Waals surface area contributed by atoms with Crippen LogP contribution in [0.1, 0.15) is 61.1 Å². The lowest BCUT2D eigenvalue weighted by Gasteiger charge is -2.23. The minimum atomic E-state index is -1.83. The van der Waals surface area contributed by atoms with Gasteiger partial charge in [-0.3, -0.25) is 14.7 Å². The van der Waals surface area contributed by atoms with Crippen molar-refractivity contribution in [1.29, 1.82) is 0 Å². The zero-order valence-corrected chi connectivity index (χ0v) is 22.4. The first kappa shape index (κ1) is 27.2. The number of para-hydroxylation sites is 1. The lowest BCUT2D eigenvalue weighted by atomic mass is 9.83. The van der Waals surface area contributed by atoms with Crippen LogP contribution >= 0.6 is 0 Å². The molecule has 2 aliphatic carbocycles. The van der Waals surface area contributed by atoms with Crippen LogP contribution in [-0.4, -0.2) is 32.1 Å². The molecule has 4 aromatic rings. The van der Waals surface area contributed by atoms with Gasteiger partial charge in [-0.25, -0.2) is 9.48 Å². The van der Waals surface area contributed by atoms with Crippen LogP contribution in [-0.2, 0) is 17.8 Å². The van der Waals surface area contributed by atoms with Gasteiger partial charge >= 0.3 is 6.16 Å². The molecule has 0 bridgehead atoms. The number of carbonyl (C=O) groups is 2. The zero-order chi connectivity index (χ0) is 28.1. The van der Waals surface area contributed by atoms with Crippen LogP contribution in [0.5, 0.6) is 0 Å². The molecule has 2 aliphatic rings. The quantitative estimate of drug-likeness (QED) is 0.204. The lowest BCUT2D eigenvalue weighted by Crippen LogP contribution is -2.26. The maximum atomic E-state index is 13.6. The average molecular weight is 542 g/mol. The predicted molar refractivity (Wildman–Crippen MR) is 155 cm³/mol. The summed E-state index contributed by atoms with van der Waals surface area (Å²) in [7, 11) is 0. The second-order valence-electron chi connectivity index (χ2n) is 10.9. The van der Waals surface area contributed by atoms with Crippen LogP contribution in [0.4, 0.5) is 10.5 Å². The number of H-pyrrole nitrogens is 1. The van der Waals surface area contributed by atoms with Crippen LogP contribution in [0.3, 0.4) is 0 Å². The number of amides is 1. The van der Waals surface area contributed by atoms with E-state index >= 15 is 0 Å². The summed E-state index contributed by atoms with van der Waals surface area (Å²) in [6, 6.07) is 24.2. The zero-order valence-electron chi connectivity index (χ0n) is 22.4. The molecule has 8 nitrogen and oxygen atoms in total. The molecule has 2 fully saturated rings. The molecule has 2 saturated carbocycles. The number of hydrogen-bond donors (Lipinski definition) is 4. The van der Waals surface area contributed by atoms with Crippen LogP contribution in [0, 0.1) is 11.8 Å². The Bertz CT molecular complexity index is 1520. The summed E-state index contributed by atoms with van der Waals surface area (Å²) in [5.41, 5.74) is 5.13. The molecular formula is C32H35N3O5. The summed E-state index contributed by atoms with van der Waals surface area (Å²) >= 11 is 0. The number of aromatic amines is 1. The van der Waals surface area contributed by atoms with E-state index in [1.54, 1.807) is 4.68 Å². The summed E-state index contributed by atoms with van der Waals surface area (Å²) in [4.78, 5) is 34.9. The van der Waals surface area contributed by atoms with Gasteiger partial charge in [0, 0.05) is 5.69 Å². The minimum Gasteiger partial charge on any atom is -0.450 e. The fourth-order valence-electron chi connectivity index (χ4n) is 5.81. The smallest absolute Gasteiger partial charge is 0.450 e. The molecule has 6 rings (SSSR count). The van der Waals surface area contributed by atoms with Crippen LogP contribution in [0.25, 0.3) is 10.9 Å². The Morgan fingerprint density at radius 2 is 1.60 bits per heavy atom. The van der Waals surface area contributed by atoms with E-state index < -0.39 is 6.16 Å². The number of aromatic nitrogens is 2. The molecule has 8 heteroatoms. The highest BCUT2D eigenvalue weighted by molar-refractivity contribution is 5.96. The number of fused-ring (bicyclic) bond motifs is 1. The summed E-state index contributed by atoms with van der Waals surface area (Å²) < 4.78 is 1.65. The standard InChI is InChI=1S/C31H33N3O2.CH2O3/c35-30(32-26-9-5-6-23(19-26)18-21-12-13-21)29(24-7-1-2-8-24)25-16-14-22(15-17-25)20-34-31(36)27-10-3-4-11-28(27)33-34;2-1(3)4/h3-6,9-11,14-17,19,21,24,29,33H,1-2,7-8,12-13,18,20H2,(H,32,35);(H2,2,3,4). The average Bonchev–Trinajstić information content (AvgIpc) is 3.47. The van der Waals surface area contributed by atoms with E-state index in [1.165, 1.54) is 31.2 Å². The van der Waals surface area contributed by atoms with Gasteiger partial charge in [-0.2, -0.15) is 0 Å². The number of rotatable bonds is 8. The van der Waals surface area contributed by atoms with Gasteiger partial charge in [0.25, 0.3) is 5.56 Å². The minimum absolute atomic E-state index is 0.0122. The maximum absolute atomic E-state index is 13.6. The molecule has 208 valence electrons. The highest BCUT2D eigenvalue weighted by Gasteiger charge is 2.32. The SMILES string of the molecule is O=C(Nc1cccc(CC2CC2)c1)C(c1ccc(Cn2[nH]c3ccccc3c2=O)cc1)C1CCCC1.O=C(O)O. The molecule has 4 N–H and O–H groups in total. The lowest BCUT2D eigenvalue weighted by molar-refractivity contribution is -0.118. The molecule has 0 spiro atoms. The van der Waals surface area contributed by atoms with E-state index in [-0.39, 0.29) is 17.4 Å². The summed E-state index contributed by atoms with van der Waals surface area (Å²) in [5.74, 6) is 1.11. The topological polar surface area (TPSA) is 124 Å². The normalized spacial score (nSPS) is 15.8. The first-order valence-corrected chi connectivity index (χ1v) is 14.0. The number of nitrogens with one attached hydrogen (secondary N) is 2. The molecule has 0 aliphatic heterocycles. The first-order valence-electron chi connectivity index (χ1n) is 14.0. The van der Waals surface area contributed by atoms with Gasteiger partial charge in [0.1, 0.15) is 0 Å². The van der Waals surface area contributed by atoms with Crippen molar-refractivity contribution in [2.75, 3.05) is 5.32 Å². The van der Waals surface area contributed by atoms with E-state index in [0.717, 1.165) is 47.5 Å². The largest absolute Gasteiger partial charge is 0.503 e. The molecule has 1 unspecified atom stereocenters. The monoisotopic (exact) mass is 541 g/mol. The van der Waals surface area contributed by atoms with Gasteiger partial charge in [-0.1, -0.05) is 61.4 Å². The third-order valence-corrected chi connectivity index (χ3v) is 7.91. The second kappa shape index (κ2) is 12.2. The van der Waals surface area contributed by atoms with Crippen LogP contribution in [0.2, 0.25) is 0 Å². The maximum Gasteiger partial charge on any atom is 0.503 e. The Labute approximate surface area is 232 Å². The summed E-state index contributed by atoms with van der Waals surface area (Å²) in [6.07, 6.45) is 6.48. The van der Waals surface area contributed by atoms with Crippen LogP contribution in [0.15, 0.2) is 77.6 Å². The van der Waals surface area contributed by atoms with Crippen molar-refractivity contribution in [3.8, 4) is 0 Å². The van der Waals surface area contributed by atoms with Crippen molar-refractivity contribution in [2.45, 2.75) is 57.4 Å². The molecule has 1 atom stereocenters. The third kappa shape index (κ3) is 6.81. The number of anilines is 1. The highest BCUT2D eigenvalue weighted by atomic mass is 16.6. The molecule has 3 aromatic carbocycles. The van der Waals surface area contributed by atoms with E-state index in [9.17, 15) is 9.59 Å². The fourth-order valence-corrected chi connectivity index (χ4v) is 5.81. The van der Waals surface area contributed by atoms with Crippen LogP contribution < -0.4 is 10.9 Å².